The van der Waals surface area contributed by atoms with E-state index in [1.165, 1.54) is 0 Å². The summed E-state index contributed by atoms with van der Waals surface area (Å²) in [4.78, 5) is 11.9. The Morgan fingerprint density at radius 1 is 1.38 bits per heavy atom. The van der Waals surface area contributed by atoms with Gasteiger partial charge in [0.1, 0.15) is 0 Å². The normalized spacial score (nSPS) is 23.3. The van der Waals surface area contributed by atoms with Gasteiger partial charge in [-0.05, 0) is 43.4 Å². The quantitative estimate of drug-likeness (QED) is 0.639. The number of Topliss-reactive ketones (excluding diaryl/α,β-unsaturated/α-hetero) is 1. The number of hydrogen-bond donors (Lipinski definition) is 0. The van der Waals surface area contributed by atoms with Crippen molar-refractivity contribution in [3.63, 3.8) is 0 Å². The van der Waals surface area contributed by atoms with Crippen LogP contribution in [0.4, 0.5) is 0 Å². The van der Waals surface area contributed by atoms with Crippen LogP contribution in [0.1, 0.15) is 35.4 Å². The highest BCUT2D eigenvalue weighted by molar-refractivity contribution is 6.29. The molecule has 2 aliphatic carbocycles. The third kappa shape index (κ3) is 0.923. The molecule has 1 fully saturated rings. The first-order valence-electron chi connectivity index (χ1n) is 4.54. The van der Waals surface area contributed by atoms with Crippen LogP contribution in [0.3, 0.4) is 0 Å². The fourth-order valence-corrected chi connectivity index (χ4v) is 2.34. The number of furan rings is 1. The molecule has 1 aromatic heterocycles. The second-order valence-electron chi connectivity index (χ2n) is 4.01. The van der Waals surface area contributed by atoms with Crippen molar-refractivity contribution in [2.24, 2.45) is 5.41 Å². The summed E-state index contributed by atoms with van der Waals surface area (Å²) < 4.78 is 5.21. The molecule has 0 bridgehead atoms. The average molecular weight is 197 g/mol. The van der Waals surface area contributed by atoms with E-state index < -0.39 is 0 Å². The summed E-state index contributed by atoms with van der Waals surface area (Å²) in [7, 11) is 0. The van der Waals surface area contributed by atoms with Gasteiger partial charge in [0.25, 0.3) is 0 Å². The summed E-state index contributed by atoms with van der Waals surface area (Å²) in [5, 5.41) is 0.344. The standard InChI is InChI=1S/C10H9ClO2/c11-7-5-6-1-2-10(3-4-10)9(12)8(6)13-7/h5H,1-4H2. The minimum absolute atomic E-state index is 0.0474. The highest BCUT2D eigenvalue weighted by Gasteiger charge is 2.53. The molecule has 2 nitrogen and oxygen atoms in total. The molecule has 1 spiro atoms. The molecule has 0 saturated heterocycles. The van der Waals surface area contributed by atoms with Gasteiger partial charge in [0.2, 0.25) is 5.78 Å². The van der Waals surface area contributed by atoms with E-state index in [1.54, 1.807) is 6.07 Å². The number of ketones is 1. The van der Waals surface area contributed by atoms with E-state index in [4.69, 9.17) is 16.0 Å². The summed E-state index contributed by atoms with van der Waals surface area (Å²) in [5.74, 6) is 0.703. The maximum Gasteiger partial charge on any atom is 0.204 e. The molecule has 1 aromatic rings. The molecule has 0 atom stereocenters. The van der Waals surface area contributed by atoms with E-state index >= 15 is 0 Å². The molecular formula is C10H9ClO2. The maximum atomic E-state index is 11.9. The maximum absolute atomic E-state index is 11.9. The Hall–Kier alpha value is -0.760. The number of carbonyl (C=O) groups is 1. The van der Waals surface area contributed by atoms with Crippen LogP contribution in [0.25, 0.3) is 0 Å². The fourth-order valence-electron chi connectivity index (χ4n) is 2.13. The number of aryl methyl sites for hydroxylation is 1. The number of rotatable bonds is 0. The Labute approximate surface area is 80.9 Å². The zero-order valence-corrected chi connectivity index (χ0v) is 7.86. The molecule has 13 heavy (non-hydrogen) atoms. The zero-order valence-electron chi connectivity index (χ0n) is 7.10. The van der Waals surface area contributed by atoms with Gasteiger partial charge < -0.3 is 4.42 Å². The van der Waals surface area contributed by atoms with Crippen LogP contribution in [0.15, 0.2) is 10.5 Å². The zero-order chi connectivity index (χ0) is 9.05. The lowest BCUT2D eigenvalue weighted by atomic mass is 9.85. The molecule has 0 N–H and O–H groups in total. The largest absolute Gasteiger partial charge is 0.441 e. The van der Waals surface area contributed by atoms with Gasteiger partial charge in [0, 0.05) is 11.0 Å². The van der Waals surface area contributed by atoms with Crippen molar-refractivity contribution in [1.29, 1.82) is 0 Å². The predicted octanol–water partition coefficient (Wildman–Crippen LogP) is 2.84. The van der Waals surface area contributed by atoms with Gasteiger partial charge in [0.05, 0.1) is 0 Å². The van der Waals surface area contributed by atoms with Crippen molar-refractivity contribution in [1.82, 2.24) is 0 Å². The number of fused-ring (bicyclic) bond motifs is 1. The molecule has 68 valence electrons. The Kier molecular flexibility index (Phi) is 1.28. The minimum atomic E-state index is -0.0474. The number of carbonyl (C=O) groups excluding carboxylic acids is 1. The van der Waals surface area contributed by atoms with Gasteiger partial charge in [0.15, 0.2) is 11.0 Å². The van der Waals surface area contributed by atoms with Crippen LogP contribution >= 0.6 is 11.6 Å². The third-order valence-corrected chi connectivity index (χ3v) is 3.38. The molecule has 0 radical (unpaired) electrons. The summed E-state index contributed by atoms with van der Waals surface area (Å²) in [6.07, 6.45) is 3.99. The van der Waals surface area contributed by atoms with E-state index in [-0.39, 0.29) is 11.2 Å². The molecule has 2 aliphatic rings. The molecule has 0 amide bonds. The highest BCUT2D eigenvalue weighted by atomic mass is 35.5. The first-order valence-corrected chi connectivity index (χ1v) is 4.92. The van der Waals surface area contributed by atoms with Gasteiger partial charge in [-0.3, -0.25) is 4.79 Å². The summed E-state index contributed by atoms with van der Waals surface area (Å²) in [6, 6.07) is 1.77. The lowest BCUT2D eigenvalue weighted by Crippen LogP contribution is -2.22. The average Bonchev–Trinajstić information content (AvgIpc) is 2.78. The lowest BCUT2D eigenvalue weighted by Gasteiger charge is -2.17. The van der Waals surface area contributed by atoms with E-state index in [2.05, 4.69) is 0 Å². The minimum Gasteiger partial charge on any atom is -0.441 e. The third-order valence-electron chi connectivity index (χ3n) is 3.19. The Balaban J connectivity index is 2.12. The van der Waals surface area contributed by atoms with Crippen LogP contribution in [0.2, 0.25) is 5.22 Å². The number of hydrogen-bond acceptors (Lipinski definition) is 2. The van der Waals surface area contributed by atoms with Crippen molar-refractivity contribution < 1.29 is 9.21 Å². The molecule has 0 aliphatic heterocycles. The van der Waals surface area contributed by atoms with Gasteiger partial charge in [-0.2, -0.15) is 0 Å². The van der Waals surface area contributed by atoms with E-state index in [0.717, 1.165) is 31.2 Å². The molecule has 0 aromatic carbocycles. The fraction of sp³-hybridized carbons (Fsp3) is 0.500. The molecule has 1 saturated carbocycles. The van der Waals surface area contributed by atoms with Crippen LogP contribution in [0.5, 0.6) is 0 Å². The van der Waals surface area contributed by atoms with Crippen molar-refractivity contribution in [3.8, 4) is 0 Å². The Morgan fingerprint density at radius 2 is 2.15 bits per heavy atom. The van der Waals surface area contributed by atoms with Gasteiger partial charge in [-0.25, -0.2) is 0 Å². The van der Waals surface area contributed by atoms with Crippen LogP contribution < -0.4 is 0 Å². The van der Waals surface area contributed by atoms with E-state index in [9.17, 15) is 4.79 Å². The Morgan fingerprint density at radius 3 is 2.85 bits per heavy atom. The Bertz CT molecular complexity index is 388. The van der Waals surface area contributed by atoms with Crippen molar-refractivity contribution >= 4 is 17.4 Å². The van der Waals surface area contributed by atoms with Gasteiger partial charge in [-0.1, -0.05) is 0 Å². The first-order chi connectivity index (χ1) is 6.21. The molecule has 0 unspecified atom stereocenters. The predicted molar refractivity (Wildman–Crippen MR) is 48.0 cm³/mol. The van der Waals surface area contributed by atoms with Gasteiger partial charge >= 0.3 is 0 Å². The topological polar surface area (TPSA) is 30.2 Å². The van der Waals surface area contributed by atoms with Crippen molar-refractivity contribution in [2.75, 3.05) is 0 Å². The summed E-state index contributed by atoms with van der Waals surface area (Å²) in [5.41, 5.74) is 0.946. The molecule has 3 rings (SSSR count). The highest BCUT2D eigenvalue weighted by Crippen LogP contribution is 2.54. The van der Waals surface area contributed by atoms with E-state index in [0.29, 0.717) is 11.0 Å². The molecule has 1 heterocycles. The van der Waals surface area contributed by atoms with Crippen LogP contribution in [-0.2, 0) is 6.42 Å². The van der Waals surface area contributed by atoms with Gasteiger partial charge in [-0.15, -0.1) is 0 Å². The second kappa shape index (κ2) is 2.18. The lowest BCUT2D eigenvalue weighted by molar-refractivity contribution is 0.0848. The van der Waals surface area contributed by atoms with Crippen molar-refractivity contribution in [2.45, 2.75) is 25.7 Å². The second-order valence-corrected chi connectivity index (χ2v) is 4.39. The number of halogens is 1. The molecular weight excluding hydrogens is 188 g/mol. The van der Waals surface area contributed by atoms with Crippen LogP contribution in [-0.4, -0.2) is 5.78 Å². The smallest absolute Gasteiger partial charge is 0.204 e. The first kappa shape index (κ1) is 7.63. The summed E-state index contributed by atoms with van der Waals surface area (Å²) >= 11 is 5.71. The van der Waals surface area contributed by atoms with E-state index in [1.807, 2.05) is 0 Å². The molecule has 3 heteroatoms. The van der Waals surface area contributed by atoms with Crippen molar-refractivity contribution in [3.05, 3.63) is 22.6 Å². The van der Waals surface area contributed by atoms with Crippen LogP contribution in [0, 0.1) is 5.41 Å². The SMILES string of the molecule is O=C1c2oc(Cl)cc2CCC12CC2. The monoisotopic (exact) mass is 196 g/mol. The summed E-state index contributed by atoms with van der Waals surface area (Å²) in [6.45, 7) is 0.